The highest BCUT2D eigenvalue weighted by Gasteiger charge is 2.28. The Kier molecular flexibility index (Phi) is 5.73. The Labute approximate surface area is 193 Å². The van der Waals surface area contributed by atoms with Gasteiger partial charge in [-0.15, -0.1) is 0 Å². The van der Waals surface area contributed by atoms with E-state index in [0.29, 0.717) is 42.8 Å². The summed E-state index contributed by atoms with van der Waals surface area (Å²) in [6, 6.07) is 18.6. The van der Waals surface area contributed by atoms with Crippen LogP contribution >= 0.6 is 0 Å². The van der Waals surface area contributed by atoms with E-state index in [2.05, 4.69) is 40.3 Å². The summed E-state index contributed by atoms with van der Waals surface area (Å²) in [5.74, 6) is 1.13. The number of amides is 1. The number of fused-ring (bicyclic) bond motifs is 1. The van der Waals surface area contributed by atoms with E-state index < -0.39 is 0 Å². The molecule has 6 nitrogen and oxygen atoms in total. The summed E-state index contributed by atoms with van der Waals surface area (Å²) >= 11 is 0. The molecule has 1 atom stereocenters. The molecule has 5 rings (SSSR count). The molecule has 168 valence electrons. The molecule has 6 heteroatoms. The normalized spacial score (nSPS) is 15.0. The van der Waals surface area contributed by atoms with Gasteiger partial charge in [-0.3, -0.25) is 4.79 Å². The van der Waals surface area contributed by atoms with Crippen molar-refractivity contribution in [2.24, 2.45) is 0 Å². The van der Waals surface area contributed by atoms with Crippen LogP contribution < -0.4 is 10.2 Å². The number of furan rings is 1. The van der Waals surface area contributed by atoms with E-state index in [0.717, 1.165) is 17.7 Å². The molecule has 33 heavy (non-hydrogen) atoms. The summed E-state index contributed by atoms with van der Waals surface area (Å²) in [4.78, 5) is 19.7. The SMILES string of the molecule is Cc1ccc(-c2nc(CCNC(=O)c3ccoc3CN3c4ccccc4CC3C)co2)cc1. The molecule has 4 aromatic rings. The molecule has 1 N–H and O–H groups in total. The third-order valence-electron chi connectivity index (χ3n) is 6.17. The predicted octanol–water partition coefficient (Wildman–Crippen LogP) is 5.17. The summed E-state index contributed by atoms with van der Waals surface area (Å²) in [6.07, 6.45) is 4.82. The number of hydrogen-bond acceptors (Lipinski definition) is 5. The topological polar surface area (TPSA) is 71.5 Å². The van der Waals surface area contributed by atoms with Crippen LogP contribution in [0, 0.1) is 6.92 Å². The Morgan fingerprint density at radius 1 is 1.12 bits per heavy atom. The van der Waals surface area contributed by atoms with Crippen molar-refractivity contribution in [1.82, 2.24) is 10.3 Å². The molecule has 1 aliphatic rings. The lowest BCUT2D eigenvalue weighted by Gasteiger charge is -2.24. The standard InChI is InChI=1S/C27H27N3O3/c1-18-7-9-20(10-8-18)27-29-22(17-33-27)11-13-28-26(31)23-12-14-32-25(23)16-30-19(2)15-21-5-3-4-6-24(21)30/h3-10,12,14,17,19H,11,13,15-16H2,1-2H3,(H,28,31). The molecule has 0 aliphatic carbocycles. The zero-order valence-corrected chi connectivity index (χ0v) is 18.9. The molecule has 1 amide bonds. The second kappa shape index (κ2) is 8.98. The number of hydrogen-bond donors (Lipinski definition) is 1. The second-order valence-electron chi connectivity index (χ2n) is 8.58. The Hall–Kier alpha value is -3.80. The minimum absolute atomic E-state index is 0.138. The van der Waals surface area contributed by atoms with Gasteiger partial charge in [-0.2, -0.15) is 0 Å². The first kappa shape index (κ1) is 21.1. The van der Waals surface area contributed by atoms with Crippen molar-refractivity contribution in [2.75, 3.05) is 11.4 Å². The molecule has 1 aliphatic heterocycles. The second-order valence-corrected chi connectivity index (χ2v) is 8.58. The first-order valence-electron chi connectivity index (χ1n) is 11.3. The Bertz CT molecular complexity index is 1260. The minimum atomic E-state index is -0.138. The highest BCUT2D eigenvalue weighted by atomic mass is 16.3. The fourth-order valence-electron chi connectivity index (χ4n) is 4.34. The molecular weight excluding hydrogens is 414 g/mol. The summed E-state index contributed by atoms with van der Waals surface area (Å²) in [5, 5.41) is 2.99. The fraction of sp³-hybridized carbons (Fsp3) is 0.259. The van der Waals surface area contributed by atoms with Gasteiger partial charge >= 0.3 is 0 Å². The van der Waals surface area contributed by atoms with E-state index >= 15 is 0 Å². The van der Waals surface area contributed by atoms with Crippen LogP contribution in [-0.2, 0) is 19.4 Å². The van der Waals surface area contributed by atoms with Crippen molar-refractivity contribution in [2.45, 2.75) is 39.3 Å². The molecule has 0 spiro atoms. The number of oxazole rings is 1. The van der Waals surface area contributed by atoms with E-state index in [-0.39, 0.29) is 5.91 Å². The number of carbonyl (C=O) groups is 1. The molecule has 2 aromatic carbocycles. The molecular formula is C27H27N3O3. The van der Waals surface area contributed by atoms with Gasteiger partial charge in [0, 0.05) is 30.3 Å². The Morgan fingerprint density at radius 3 is 2.79 bits per heavy atom. The number of carbonyl (C=O) groups excluding carboxylic acids is 1. The van der Waals surface area contributed by atoms with Crippen molar-refractivity contribution >= 4 is 11.6 Å². The van der Waals surface area contributed by atoms with Crippen molar-refractivity contribution < 1.29 is 13.6 Å². The number of anilines is 1. The maximum atomic E-state index is 12.8. The molecule has 2 aromatic heterocycles. The van der Waals surface area contributed by atoms with Crippen LogP contribution in [0.5, 0.6) is 0 Å². The van der Waals surface area contributed by atoms with Crippen LogP contribution in [0.4, 0.5) is 5.69 Å². The van der Waals surface area contributed by atoms with Gasteiger partial charge in [0.05, 0.1) is 24.1 Å². The Morgan fingerprint density at radius 2 is 1.94 bits per heavy atom. The number of benzene rings is 2. The number of rotatable bonds is 7. The van der Waals surface area contributed by atoms with Gasteiger partial charge in [-0.25, -0.2) is 4.98 Å². The van der Waals surface area contributed by atoms with Gasteiger partial charge < -0.3 is 19.1 Å². The summed E-state index contributed by atoms with van der Waals surface area (Å²) in [5.41, 5.74) is 6.06. The van der Waals surface area contributed by atoms with Crippen LogP contribution in [0.1, 0.15) is 39.9 Å². The highest BCUT2D eigenvalue weighted by Crippen LogP contribution is 2.33. The van der Waals surface area contributed by atoms with Crippen LogP contribution in [0.2, 0.25) is 0 Å². The first-order valence-corrected chi connectivity index (χ1v) is 11.3. The van der Waals surface area contributed by atoms with Gasteiger partial charge in [0.15, 0.2) is 0 Å². The molecule has 0 radical (unpaired) electrons. The zero-order chi connectivity index (χ0) is 22.8. The van der Waals surface area contributed by atoms with E-state index in [4.69, 9.17) is 8.83 Å². The number of aryl methyl sites for hydroxylation is 1. The van der Waals surface area contributed by atoms with Crippen molar-refractivity contribution in [3.63, 3.8) is 0 Å². The predicted molar refractivity (Wildman–Crippen MR) is 127 cm³/mol. The lowest BCUT2D eigenvalue weighted by Crippen LogP contribution is -2.31. The van der Waals surface area contributed by atoms with Crippen LogP contribution in [-0.4, -0.2) is 23.5 Å². The van der Waals surface area contributed by atoms with E-state index in [1.807, 2.05) is 37.3 Å². The maximum Gasteiger partial charge on any atom is 0.254 e. The smallest absolute Gasteiger partial charge is 0.254 e. The molecule has 3 heterocycles. The maximum absolute atomic E-state index is 12.8. The minimum Gasteiger partial charge on any atom is -0.467 e. The largest absolute Gasteiger partial charge is 0.467 e. The third kappa shape index (κ3) is 4.42. The molecule has 0 saturated carbocycles. The van der Waals surface area contributed by atoms with Crippen LogP contribution in [0.3, 0.4) is 0 Å². The van der Waals surface area contributed by atoms with Gasteiger partial charge in [-0.1, -0.05) is 35.9 Å². The quantitative estimate of drug-likeness (QED) is 0.429. The zero-order valence-electron chi connectivity index (χ0n) is 18.9. The average Bonchev–Trinajstić information content (AvgIpc) is 3.54. The van der Waals surface area contributed by atoms with Crippen LogP contribution in [0.15, 0.2) is 76.0 Å². The Balaban J connectivity index is 1.19. The summed E-state index contributed by atoms with van der Waals surface area (Å²) in [6.45, 7) is 5.28. The summed E-state index contributed by atoms with van der Waals surface area (Å²) in [7, 11) is 0. The van der Waals surface area contributed by atoms with Gasteiger partial charge in [0.1, 0.15) is 12.0 Å². The van der Waals surface area contributed by atoms with Crippen molar-refractivity contribution in [3.8, 4) is 11.5 Å². The molecule has 0 bridgehead atoms. The average molecular weight is 442 g/mol. The van der Waals surface area contributed by atoms with Gasteiger partial charge in [-0.05, 0) is 50.1 Å². The van der Waals surface area contributed by atoms with Crippen molar-refractivity contribution in [3.05, 3.63) is 95.3 Å². The van der Waals surface area contributed by atoms with E-state index in [1.54, 1.807) is 18.6 Å². The third-order valence-corrected chi connectivity index (χ3v) is 6.17. The van der Waals surface area contributed by atoms with Gasteiger partial charge in [0.25, 0.3) is 5.91 Å². The number of nitrogens with zero attached hydrogens (tertiary/aromatic N) is 2. The molecule has 0 saturated heterocycles. The van der Waals surface area contributed by atoms with E-state index in [9.17, 15) is 4.79 Å². The molecule has 0 fully saturated rings. The van der Waals surface area contributed by atoms with Crippen LogP contribution in [0.25, 0.3) is 11.5 Å². The number of aromatic nitrogens is 1. The summed E-state index contributed by atoms with van der Waals surface area (Å²) < 4.78 is 11.3. The van der Waals surface area contributed by atoms with E-state index in [1.165, 1.54) is 16.8 Å². The lowest BCUT2D eigenvalue weighted by molar-refractivity contribution is 0.0952. The lowest BCUT2D eigenvalue weighted by atomic mass is 10.1. The molecule has 1 unspecified atom stereocenters. The fourth-order valence-corrected chi connectivity index (χ4v) is 4.34. The first-order chi connectivity index (χ1) is 16.1. The van der Waals surface area contributed by atoms with Gasteiger partial charge in [0.2, 0.25) is 5.89 Å². The monoisotopic (exact) mass is 441 g/mol. The van der Waals surface area contributed by atoms with Crippen molar-refractivity contribution in [1.29, 1.82) is 0 Å². The highest BCUT2D eigenvalue weighted by molar-refractivity contribution is 5.95. The number of nitrogens with one attached hydrogen (secondary N) is 1. The number of para-hydroxylation sites is 1.